The van der Waals surface area contributed by atoms with Crippen LogP contribution in [0.5, 0.6) is 5.75 Å². The summed E-state index contributed by atoms with van der Waals surface area (Å²) in [6.45, 7) is 2.62. The molecule has 96 valence electrons. The minimum Gasteiger partial charge on any atom is -0.487 e. The molecular formula is C13H16N2O2S. The number of carbonyl (C=O) groups excluding carboxylic acids is 1. The van der Waals surface area contributed by atoms with Crippen LogP contribution in [-0.4, -0.2) is 36.2 Å². The molecule has 5 heteroatoms. The van der Waals surface area contributed by atoms with Gasteiger partial charge in [-0.1, -0.05) is 12.1 Å². The summed E-state index contributed by atoms with van der Waals surface area (Å²) >= 11 is 1.77. The zero-order valence-corrected chi connectivity index (χ0v) is 11.1. The lowest BCUT2D eigenvalue weighted by atomic mass is 10.1. The molecule has 2 aliphatic rings. The maximum absolute atomic E-state index is 12.5. The van der Waals surface area contributed by atoms with Crippen LogP contribution in [0, 0.1) is 0 Å². The third-order valence-corrected chi connectivity index (χ3v) is 4.14. The van der Waals surface area contributed by atoms with Gasteiger partial charge in [-0.25, -0.2) is 0 Å². The zero-order valence-electron chi connectivity index (χ0n) is 10.3. The highest BCUT2D eigenvalue weighted by atomic mass is 32.2. The Morgan fingerprint density at radius 3 is 3.11 bits per heavy atom. The van der Waals surface area contributed by atoms with Gasteiger partial charge in [0.25, 0.3) is 0 Å². The molecule has 0 radical (unpaired) electrons. The van der Waals surface area contributed by atoms with Crippen molar-refractivity contribution in [2.45, 2.75) is 19.1 Å². The van der Waals surface area contributed by atoms with Gasteiger partial charge in [0.2, 0.25) is 5.91 Å². The van der Waals surface area contributed by atoms with Crippen molar-refractivity contribution in [3.8, 4) is 5.75 Å². The van der Waals surface area contributed by atoms with Crippen LogP contribution in [0.25, 0.3) is 0 Å². The molecule has 2 unspecified atom stereocenters. The molecule has 1 aromatic rings. The summed E-state index contributed by atoms with van der Waals surface area (Å²) in [5, 5.41) is 3.23. The molecule has 18 heavy (non-hydrogen) atoms. The molecule has 2 atom stereocenters. The first kappa shape index (κ1) is 11.9. The second-order valence-electron chi connectivity index (χ2n) is 4.62. The van der Waals surface area contributed by atoms with Crippen molar-refractivity contribution in [2.24, 2.45) is 0 Å². The summed E-state index contributed by atoms with van der Waals surface area (Å²) in [7, 11) is 0. The molecule has 4 nitrogen and oxygen atoms in total. The number of anilines is 1. The van der Waals surface area contributed by atoms with Crippen LogP contribution >= 0.6 is 11.8 Å². The van der Waals surface area contributed by atoms with Gasteiger partial charge >= 0.3 is 0 Å². The van der Waals surface area contributed by atoms with Gasteiger partial charge in [-0.15, -0.1) is 11.8 Å². The Kier molecular flexibility index (Phi) is 3.18. The number of nitrogens with one attached hydrogen (secondary N) is 1. The number of fused-ring (bicyclic) bond motifs is 1. The molecule has 0 aliphatic carbocycles. The van der Waals surface area contributed by atoms with E-state index in [1.54, 1.807) is 11.8 Å². The van der Waals surface area contributed by atoms with Gasteiger partial charge in [-0.3, -0.25) is 10.1 Å². The lowest BCUT2D eigenvalue weighted by Crippen LogP contribution is -2.50. The Bertz CT molecular complexity index is 460. The van der Waals surface area contributed by atoms with Crippen molar-refractivity contribution in [1.29, 1.82) is 0 Å². The molecule has 0 spiro atoms. The molecule has 1 amide bonds. The summed E-state index contributed by atoms with van der Waals surface area (Å²) in [5.41, 5.74) is 0.888. The van der Waals surface area contributed by atoms with Crippen LogP contribution in [-0.2, 0) is 4.79 Å². The first-order valence-electron chi connectivity index (χ1n) is 6.14. The van der Waals surface area contributed by atoms with E-state index >= 15 is 0 Å². The lowest BCUT2D eigenvalue weighted by Gasteiger charge is -2.34. The van der Waals surface area contributed by atoms with E-state index in [0.717, 1.165) is 23.1 Å². The first-order valence-corrected chi connectivity index (χ1v) is 7.29. The molecule has 1 saturated heterocycles. The number of amides is 1. The Morgan fingerprint density at radius 2 is 2.33 bits per heavy atom. The molecular weight excluding hydrogens is 248 g/mol. The van der Waals surface area contributed by atoms with Crippen LogP contribution in [0.15, 0.2) is 24.3 Å². The van der Waals surface area contributed by atoms with Crippen molar-refractivity contribution in [2.75, 3.05) is 23.1 Å². The van der Waals surface area contributed by atoms with Crippen LogP contribution in [0.2, 0.25) is 0 Å². The minimum atomic E-state index is -0.0617. The smallest absolute Gasteiger partial charge is 0.245 e. The zero-order chi connectivity index (χ0) is 12.5. The third kappa shape index (κ3) is 2.08. The summed E-state index contributed by atoms with van der Waals surface area (Å²) in [4.78, 5) is 14.4. The predicted molar refractivity (Wildman–Crippen MR) is 73.1 cm³/mol. The number of para-hydroxylation sites is 2. The largest absolute Gasteiger partial charge is 0.487 e. The van der Waals surface area contributed by atoms with Gasteiger partial charge in [-0.2, -0.15) is 0 Å². The van der Waals surface area contributed by atoms with E-state index in [-0.39, 0.29) is 18.1 Å². The number of benzene rings is 1. The van der Waals surface area contributed by atoms with Gasteiger partial charge in [0.1, 0.15) is 11.9 Å². The van der Waals surface area contributed by atoms with Crippen LogP contribution in [0.3, 0.4) is 0 Å². The standard InChI is InChI=1S/C13H16N2O2S/c1-9-6-15(13(16)10-7-18-8-14-10)11-4-2-3-5-12(11)17-9/h2-5,9-10,14H,6-8H2,1H3. The monoisotopic (exact) mass is 264 g/mol. The Labute approximate surface area is 111 Å². The van der Waals surface area contributed by atoms with Crippen molar-refractivity contribution >= 4 is 23.4 Å². The molecule has 2 heterocycles. The predicted octanol–water partition coefficient (Wildman–Crippen LogP) is 1.46. The normalized spacial score (nSPS) is 26.6. The number of hydrogen-bond acceptors (Lipinski definition) is 4. The van der Waals surface area contributed by atoms with E-state index in [1.165, 1.54) is 0 Å². The summed E-state index contributed by atoms with van der Waals surface area (Å²) < 4.78 is 5.76. The molecule has 0 bridgehead atoms. The number of hydrogen-bond donors (Lipinski definition) is 1. The molecule has 3 rings (SSSR count). The average molecular weight is 264 g/mol. The van der Waals surface area contributed by atoms with E-state index in [0.29, 0.717) is 6.54 Å². The first-order chi connectivity index (χ1) is 8.75. The van der Waals surface area contributed by atoms with Gasteiger partial charge in [0, 0.05) is 11.6 Å². The highest BCUT2D eigenvalue weighted by molar-refractivity contribution is 7.99. The number of ether oxygens (including phenoxy) is 1. The number of carbonyl (C=O) groups is 1. The van der Waals surface area contributed by atoms with E-state index in [1.807, 2.05) is 36.1 Å². The number of rotatable bonds is 1. The summed E-state index contributed by atoms with van der Waals surface area (Å²) in [6.07, 6.45) is 0.0397. The van der Waals surface area contributed by atoms with Gasteiger partial charge in [0.05, 0.1) is 18.3 Å². The number of nitrogens with zero attached hydrogens (tertiary/aromatic N) is 1. The molecule has 1 N–H and O–H groups in total. The fourth-order valence-corrected chi connectivity index (χ4v) is 3.27. The SMILES string of the molecule is CC1CN(C(=O)C2CSCN2)c2ccccc2O1. The quantitative estimate of drug-likeness (QED) is 0.834. The van der Waals surface area contributed by atoms with E-state index < -0.39 is 0 Å². The van der Waals surface area contributed by atoms with Crippen molar-refractivity contribution in [3.63, 3.8) is 0 Å². The maximum atomic E-state index is 12.5. The molecule has 0 aromatic heterocycles. The second kappa shape index (κ2) is 4.82. The summed E-state index contributed by atoms with van der Waals surface area (Å²) in [6, 6.07) is 7.68. The average Bonchev–Trinajstić information content (AvgIpc) is 2.90. The molecule has 1 aromatic carbocycles. The van der Waals surface area contributed by atoms with Gasteiger partial charge < -0.3 is 9.64 Å². The summed E-state index contributed by atoms with van der Waals surface area (Å²) in [5.74, 6) is 2.67. The van der Waals surface area contributed by atoms with Gasteiger partial charge in [-0.05, 0) is 19.1 Å². The molecule has 0 saturated carbocycles. The lowest BCUT2D eigenvalue weighted by molar-refractivity contribution is -0.120. The van der Waals surface area contributed by atoms with Crippen LogP contribution in [0.1, 0.15) is 6.92 Å². The van der Waals surface area contributed by atoms with E-state index in [2.05, 4.69) is 5.32 Å². The van der Waals surface area contributed by atoms with E-state index in [9.17, 15) is 4.79 Å². The minimum absolute atomic E-state index is 0.0397. The van der Waals surface area contributed by atoms with Crippen molar-refractivity contribution in [3.05, 3.63) is 24.3 Å². The third-order valence-electron chi connectivity index (χ3n) is 3.20. The van der Waals surface area contributed by atoms with Crippen LogP contribution in [0.4, 0.5) is 5.69 Å². The molecule has 2 aliphatic heterocycles. The maximum Gasteiger partial charge on any atom is 0.245 e. The molecule has 1 fully saturated rings. The van der Waals surface area contributed by atoms with E-state index in [4.69, 9.17) is 4.74 Å². The Hall–Kier alpha value is -1.20. The van der Waals surface area contributed by atoms with Crippen LogP contribution < -0.4 is 15.0 Å². The topological polar surface area (TPSA) is 41.6 Å². The highest BCUT2D eigenvalue weighted by Crippen LogP contribution is 2.33. The fraction of sp³-hybridized carbons (Fsp3) is 0.462. The Balaban J connectivity index is 1.89. The van der Waals surface area contributed by atoms with Crippen molar-refractivity contribution < 1.29 is 9.53 Å². The fourth-order valence-electron chi connectivity index (χ4n) is 2.34. The second-order valence-corrected chi connectivity index (χ2v) is 5.65. The highest BCUT2D eigenvalue weighted by Gasteiger charge is 2.33. The number of thioether (sulfide) groups is 1. The Morgan fingerprint density at radius 1 is 1.50 bits per heavy atom. The van der Waals surface area contributed by atoms with Crippen molar-refractivity contribution in [1.82, 2.24) is 5.32 Å². The van der Waals surface area contributed by atoms with Gasteiger partial charge in [0.15, 0.2) is 0 Å².